The second kappa shape index (κ2) is 9.10. The molecular formula is H8N2O3Zr. The predicted molar refractivity (Wildman–Crippen MR) is 12.7 cm³/mol. The standard InChI is InChI=1S/2H3N.3O.Zr/h2*1H3;;;;/q;;;2*-1;/p+2. The van der Waals surface area contributed by atoms with Gasteiger partial charge in [0, 0.05) is 0 Å². The first-order valence-corrected chi connectivity index (χ1v) is 3.62. The third-order valence-electron chi connectivity index (χ3n) is 0. The second-order valence-electron chi connectivity index (χ2n) is 0.250. The van der Waals surface area contributed by atoms with Gasteiger partial charge >= 0.3 is 31.8 Å². The van der Waals surface area contributed by atoms with Gasteiger partial charge in [0.05, 0.1) is 0 Å². The molecule has 0 aliphatic rings. The van der Waals surface area contributed by atoms with E-state index in [-0.39, 0.29) is 12.3 Å². The first-order valence-electron chi connectivity index (χ1n) is 0.612. The van der Waals surface area contributed by atoms with Crippen LogP contribution >= 0.6 is 0 Å². The van der Waals surface area contributed by atoms with Crippen molar-refractivity contribution in [2.24, 2.45) is 0 Å². The zero-order chi connectivity index (χ0) is 3.58. The zero-order valence-corrected chi connectivity index (χ0v) is 6.18. The van der Waals surface area contributed by atoms with Gasteiger partial charge in [-0.1, -0.05) is 0 Å². The van der Waals surface area contributed by atoms with E-state index in [9.17, 15) is 0 Å². The van der Waals surface area contributed by atoms with E-state index >= 15 is 0 Å². The third-order valence-corrected chi connectivity index (χ3v) is 0. The summed E-state index contributed by atoms with van der Waals surface area (Å²) in [6.07, 6.45) is 0. The average molecular weight is 175 g/mol. The van der Waals surface area contributed by atoms with E-state index in [0.717, 1.165) is 0 Å². The van der Waals surface area contributed by atoms with Gasteiger partial charge in [-0.3, -0.25) is 0 Å². The van der Waals surface area contributed by atoms with Crippen LogP contribution in [0.5, 0.6) is 0 Å². The molecule has 0 saturated carbocycles. The van der Waals surface area contributed by atoms with Crippen LogP contribution in [-0.4, -0.2) is 0 Å². The first kappa shape index (κ1) is 16.0. The van der Waals surface area contributed by atoms with Gasteiger partial charge in [-0.05, 0) is 0 Å². The Morgan fingerprint density at radius 1 is 1.17 bits per heavy atom. The van der Waals surface area contributed by atoms with Crippen molar-refractivity contribution in [1.29, 1.82) is 0 Å². The van der Waals surface area contributed by atoms with Crippen LogP contribution in [0.1, 0.15) is 0 Å². The average Bonchev–Trinajstić information content (AvgIpc) is 0.811. The van der Waals surface area contributed by atoms with Crippen molar-refractivity contribution in [2.75, 3.05) is 0 Å². The molecule has 0 amide bonds. The summed E-state index contributed by atoms with van der Waals surface area (Å²) in [4.78, 5) is 0. The van der Waals surface area contributed by atoms with E-state index in [4.69, 9.17) is 9.18 Å². The Labute approximate surface area is 44.5 Å². The van der Waals surface area contributed by atoms with E-state index in [2.05, 4.69) is 0 Å². The molecule has 40 valence electrons. The predicted octanol–water partition coefficient (Wildman–Crippen LogP) is -1.75. The molecule has 0 spiro atoms. The van der Waals surface area contributed by atoms with E-state index in [1.807, 2.05) is 0 Å². The minimum atomic E-state index is -4.29. The fraction of sp³-hybridized carbons (Fsp3) is 0. The van der Waals surface area contributed by atoms with Gasteiger partial charge in [0.2, 0.25) is 0 Å². The molecule has 6 heteroatoms. The summed E-state index contributed by atoms with van der Waals surface area (Å²) in [6, 6.07) is 0. The van der Waals surface area contributed by atoms with Crippen molar-refractivity contribution in [3.05, 3.63) is 0 Å². The molecule has 0 radical (unpaired) electrons. The number of rotatable bonds is 0. The molecule has 0 unspecified atom stereocenters. The van der Waals surface area contributed by atoms with Crippen molar-refractivity contribution >= 4 is 0 Å². The number of hydrogen-bond donors (Lipinski definition) is 2. The molecule has 0 rings (SSSR count). The Morgan fingerprint density at radius 3 is 1.17 bits per heavy atom. The molecule has 0 saturated heterocycles. The Kier molecular flexibility index (Phi) is 24.3. The summed E-state index contributed by atoms with van der Waals surface area (Å²) >= 11 is -4.29. The maximum absolute atomic E-state index is 8.61. The van der Waals surface area contributed by atoms with E-state index < -0.39 is 22.6 Å². The first-order chi connectivity index (χ1) is 1.73. The molecule has 0 heterocycles. The fourth-order valence-electron chi connectivity index (χ4n) is 0. The molecule has 6 heavy (non-hydrogen) atoms. The molecule has 0 aromatic carbocycles. The molecule has 0 atom stereocenters. The van der Waals surface area contributed by atoms with Gasteiger partial charge in [-0.15, -0.1) is 0 Å². The molecule has 0 bridgehead atoms. The van der Waals surface area contributed by atoms with Crippen molar-refractivity contribution in [2.45, 2.75) is 0 Å². The normalized spacial score (nSPS) is 4.33. The second-order valence-corrected chi connectivity index (χ2v) is 1.48. The molecule has 0 aliphatic carbocycles. The maximum atomic E-state index is 8.61. The third kappa shape index (κ3) is 205. The molecule has 5 nitrogen and oxygen atoms in total. The molecule has 8 N–H and O–H groups in total. The molecule has 0 fully saturated rings. The van der Waals surface area contributed by atoms with Gasteiger partial charge in [0.1, 0.15) is 0 Å². The van der Waals surface area contributed by atoms with Crippen LogP contribution in [0.25, 0.3) is 0 Å². The van der Waals surface area contributed by atoms with Crippen LogP contribution in [0.2, 0.25) is 0 Å². The summed E-state index contributed by atoms with van der Waals surface area (Å²) in [5, 5.41) is 0. The van der Waals surface area contributed by atoms with Crippen molar-refractivity contribution in [3.8, 4) is 0 Å². The van der Waals surface area contributed by atoms with E-state index in [1.165, 1.54) is 0 Å². The van der Waals surface area contributed by atoms with Crippen LogP contribution < -0.4 is 18.7 Å². The van der Waals surface area contributed by atoms with E-state index in [1.54, 1.807) is 0 Å². The van der Waals surface area contributed by atoms with E-state index in [0.29, 0.717) is 0 Å². The Hall–Kier alpha value is 0.523. The zero-order valence-electron chi connectivity index (χ0n) is 3.72. The SMILES string of the molecule is [NH4+].[NH4+].[O]=[Zr]([O-])[O-]. The fourth-order valence-corrected chi connectivity index (χ4v) is 0. The van der Waals surface area contributed by atoms with Gasteiger partial charge in [-0.25, -0.2) is 0 Å². The molecular weight excluding hydrogens is 167 g/mol. The van der Waals surface area contributed by atoms with Gasteiger partial charge < -0.3 is 12.3 Å². The molecule has 0 aromatic heterocycles. The summed E-state index contributed by atoms with van der Waals surface area (Å²) in [5.41, 5.74) is 0. The number of quaternary nitrogens is 2. The van der Waals surface area contributed by atoms with Crippen molar-refractivity contribution in [1.82, 2.24) is 12.3 Å². The van der Waals surface area contributed by atoms with Crippen LogP contribution in [0.3, 0.4) is 0 Å². The van der Waals surface area contributed by atoms with Gasteiger partial charge in [0.15, 0.2) is 0 Å². The topological polar surface area (TPSA) is 136 Å². The summed E-state index contributed by atoms with van der Waals surface area (Å²) < 4.78 is 25.8. The summed E-state index contributed by atoms with van der Waals surface area (Å²) in [5.74, 6) is 0. The molecule has 0 aromatic rings. The molecule has 0 aliphatic heterocycles. The minimum absolute atomic E-state index is 0. The monoisotopic (exact) mass is 174 g/mol. The van der Waals surface area contributed by atoms with Crippen LogP contribution in [-0.2, 0) is 25.4 Å². The van der Waals surface area contributed by atoms with Crippen molar-refractivity contribution < 1.29 is 31.8 Å². The Balaban J connectivity index is -0.0000000450. The Morgan fingerprint density at radius 2 is 1.17 bits per heavy atom. The van der Waals surface area contributed by atoms with Crippen LogP contribution in [0.15, 0.2) is 0 Å². The number of hydrogen-bond acceptors (Lipinski definition) is 3. The van der Waals surface area contributed by atoms with Crippen molar-refractivity contribution in [3.63, 3.8) is 0 Å². The Bertz CT molecular complexity index is 31.8. The quantitative estimate of drug-likeness (QED) is 0.451. The summed E-state index contributed by atoms with van der Waals surface area (Å²) in [7, 11) is 0. The summed E-state index contributed by atoms with van der Waals surface area (Å²) in [6.45, 7) is 0. The van der Waals surface area contributed by atoms with Crippen LogP contribution in [0, 0.1) is 0 Å². The van der Waals surface area contributed by atoms with Gasteiger partial charge in [-0.2, -0.15) is 0 Å². The van der Waals surface area contributed by atoms with Gasteiger partial charge in [0.25, 0.3) is 0 Å². The van der Waals surface area contributed by atoms with Crippen LogP contribution in [0.4, 0.5) is 0 Å².